The molecule has 0 radical (unpaired) electrons. The van der Waals surface area contributed by atoms with Crippen molar-refractivity contribution >= 4 is 17.6 Å². The predicted octanol–water partition coefficient (Wildman–Crippen LogP) is 2.97. The molecule has 15 heavy (non-hydrogen) atoms. The molecule has 0 saturated carbocycles. The van der Waals surface area contributed by atoms with Crippen LogP contribution >= 0.6 is 11.8 Å². The first-order valence-corrected chi connectivity index (χ1v) is 6.03. The fourth-order valence-corrected chi connectivity index (χ4v) is 2.33. The second-order valence-electron chi connectivity index (χ2n) is 3.94. The van der Waals surface area contributed by atoms with Crippen LogP contribution < -0.4 is 5.73 Å². The lowest BCUT2D eigenvalue weighted by Crippen LogP contribution is -2.21. The maximum atomic E-state index is 7.32. The zero-order valence-corrected chi connectivity index (χ0v) is 10.3. The molecule has 2 nitrogen and oxygen atoms in total. The van der Waals surface area contributed by atoms with Gasteiger partial charge >= 0.3 is 0 Å². The quantitative estimate of drug-likeness (QED) is 0.467. The number of rotatable bonds is 4. The standard InChI is InChI=1S/C12H18N2S/c1-8-4-5-11(9(2)6-8)15-7-10(3)12(13)14/h4-6,10H,7H2,1-3H3,(H3,13,14). The van der Waals surface area contributed by atoms with Gasteiger partial charge in [0.2, 0.25) is 0 Å². The number of hydrogen-bond donors (Lipinski definition) is 2. The van der Waals surface area contributed by atoms with Gasteiger partial charge in [-0.15, -0.1) is 11.8 Å². The summed E-state index contributed by atoms with van der Waals surface area (Å²) < 4.78 is 0. The Morgan fingerprint density at radius 1 is 1.47 bits per heavy atom. The highest BCUT2D eigenvalue weighted by Crippen LogP contribution is 2.24. The van der Waals surface area contributed by atoms with Crippen LogP contribution in [0.3, 0.4) is 0 Å². The molecule has 1 atom stereocenters. The largest absolute Gasteiger partial charge is 0.387 e. The Bertz CT molecular complexity index is 361. The van der Waals surface area contributed by atoms with E-state index < -0.39 is 0 Å². The summed E-state index contributed by atoms with van der Waals surface area (Å²) in [5.41, 5.74) is 8.02. The van der Waals surface area contributed by atoms with Gasteiger partial charge in [0.1, 0.15) is 0 Å². The summed E-state index contributed by atoms with van der Waals surface area (Å²) in [7, 11) is 0. The third-order valence-corrected chi connectivity index (χ3v) is 3.79. The smallest absolute Gasteiger partial charge is 0.0942 e. The van der Waals surface area contributed by atoms with E-state index in [-0.39, 0.29) is 11.8 Å². The van der Waals surface area contributed by atoms with E-state index in [0.717, 1.165) is 5.75 Å². The van der Waals surface area contributed by atoms with Crippen LogP contribution in [0.2, 0.25) is 0 Å². The fourth-order valence-electron chi connectivity index (χ4n) is 1.27. The molecule has 0 bridgehead atoms. The average molecular weight is 222 g/mol. The van der Waals surface area contributed by atoms with Crippen molar-refractivity contribution in [3.05, 3.63) is 29.3 Å². The van der Waals surface area contributed by atoms with Crippen molar-refractivity contribution in [2.75, 3.05) is 5.75 Å². The zero-order chi connectivity index (χ0) is 11.4. The number of benzene rings is 1. The molecule has 0 spiro atoms. The number of hydrogen-bond acceptors (Lipinski definition) is 2. The molecule has 82 valence electrons. The summed E-state index contributed by atoms with van der Waals surface area (Å²) in [6.07, 6.45) is 0. The van der Waals surface area contributed by atoms with Gasteiger partial charge in [-0.05, 0) is 25.5 Å². The van der Waals surface area contributed by atoms with Gasteiger partial charge in [0.15, 0.2) is 0 Å². The highest BCUT2D eigenvalue weighted by Gasteiger charge is 2.07. The first kappa shape index (κ1) is 12.1. The second kappa shape index (κ2) is 5.21. The topological polar surface area (TPSA) is 49.9 Å². The highest BCUT2D eigenvalue weighted by molar-refractivity contribution is 7.99. The molecule has 1 rings (SSSR count). The van der Waals surface area contributed by atoms with Crippen molar-refractivity contribution in [2.45, 2.75) is 25.7 Å². The van der Waals surface area contributed by atoms with E-state index in [1.165, 1.54) is 16.0 Å². The molecule has 1 aromatic rings. The summed E-state index contributed by atoms with van der Waals surface area (Å²) in [4.78, 5) is 1.29. The minimum absolute atomic E-state index is 0.149. The number of thioether (sulfide) groups is 1. The fraction of sp³-hybridized carbons (Fsp3) is 0.417. The molecule has 0 saturated heterocycles. The van der Waals surface area contributed by atoms with E-state index in [1.54, 1.807) is 11.8 Å². The summed E-state index contributed by atoms with van der Waals surface area (Å²) in [5.74, 6) is 1.29. The molecule has 1 unspecified atom stereocenters. The number of nitrogens with two attached hydrogens (primary N) is 1. The average Bonchev–Trinajstić information content (AvgIpc) is 2.15. The third-order valence-electron chi connectivity index (χ3n) is 2.35. The molecule has 3 heteroatoms. The molecular weight excluding hydrogens is 204 g/mol. The van der Waals surface area contributed by atoms with E-state index >= 15 is 0 Å². The lowest BCUT2D eigenvalue weighted by atomic mass is 10.2. The Labute approximate surface area is 95.8 Å². The molecule has 0 fully saturated rings. The Kier molecular flexibility index (Phi) is 4.21. The number of nitrogens with one attached hydrogen (secondary N) is 1. The zero-order valence-electron chi connectivity index (χ0n) is 9.50. The molecule has 0 aromatic heterocycles. The summed E-state index contributed by atoms with van der Waals surface area (Å²) >= 11 is 1.77. The Morgan fingerprint density at radius 2 is 2.13 bits per heavy atom. The van der Waals surface area contributed by atoms with Gasteiger partial charge in [-0.2, -0.15) is 0 Å². The molecule has 3 N–H and O–H groups in total. The van der Waals surface area contributed by atoms with Crippen molar-refractivity contribution in [2.24, 2.45) is 11.7 Å². The molecule has 0 aliphatic rings. The molecule has 0 aliphatic heterocycles. The van der Waals surface area contributed by atoms with E-state index in [1.807, 2.05) is 6.92 Å². The molecule has 0 aliphatic carbocycles. The van der Waals surface area contributed by atoms with Gasteiger partial charge in [0, 0.05) is 16.6 Å². The van der Waals surface area contributed by atoms with Gasteiger partial charge in [-0.25, -0.2) is 0 Å². The summed E-state index contributed by atoms with van der Waals surface area (Å²) in [5, 5.41) is 7.32. The van der Waals surface area contributed by atoms with Gasteiger partial charge in [0.05, 0.1) is 5.84 Å². The Hall–Kier alpha value is -0.960. The molecule has 1 aromatic carbocycles. The van der Waals surface area contributed by atoms with Crippen LogP contribution in [0.15, 0.2) is 23.1 Å². The minimum Gasteiger partial charge on any atom is -0.387 e. The van der Waals surface area contributed by atoms with Crippen LogP contribution in [0.25, 0.3) is 0 Å². The molecular formula is C12H18N2S. The van der Waals surface area contributed by atoms with Gasteiger partial charge in [-0.1, -0.05) is 24.6 Å². The maximum Gasteiger partial charge on any atom is 0.0942 e. The minimum atomic E-state index is 0.149. The van der Waals surface area contributed by atoms with Crippen molar-refractivity contribution in [1.29, 1.82) is 5.41 Å². The SMILES string of the molecule is Cc1ccc(SCC(C)C(=N)N)c(C)c1. The van der Waals surface area contributed by atoms with Crippen LogP contribution in [0, 0.1) is 25.2 Å². The van der Waals surface area contributed by atoms with Crippen molar-refractivity contribution in [3.8, 4) is 0 Å². The lowest BCUT2D eigenvalue weighted by molar-refractivity contribution is 0.879. The number of amidine groups is 1. The Balaban J connectivity index is 2.62. The lowest BCUT2D eigenvalue weighted by Gasteiger charge is -2.10. The van der Waals surface area contributed by atoms with Crippen molar-refractivity contribution < 1.29 is 0 Å². The highest BCUT2D eigenvalue weighted by atomic mass is 32.2. The van der Waals surface area contributed by atoms with E-state index in [0.29, 0.717) is 0 Å². The second-order valence-corrected chi connectivity index (χ2v) is 5.00. The van der Waals surface area contributed by atoms with Crippen molar-refractivity contribution in [3.63, 3.8) is 0 Å². The normalized spacial score (nSPS) is 12.5. The summed E-state index contributed by atoms with van der Waals surface area (Å²) in [6, 6.07) is 6.44. The van der Waals surface area contributed by atoms with Crippen LogP contribution in [-0.4, -0.2) is 11.6 Å². The van der Waals surface area contributed by atoms with Gasteiger partial charge in [0.25, 0.3) is 0 Å². The van der Waals surface area contributed by atoms with E-state index in [2.05, 4.69) is 32.0 Å². The third kappa shape index (κ3) is 3.59. The predicted molar refractivity (Wildman–Crippen MR) is 67.7 cm³/mol. The first-order chi connectivity index (χ1) is 7.00. The van der Waals surface area contributed by atoms with Gasteiger partial charge < -0.3 is 5.73 Å². The van der Waals surface area contributed by atoms with Crippen LogP contribution in [0.5, 0.6) is 0 Å². The van der Waals surface area contributed by atoms with E-state index in [4.69, 9.17) is 11.1 Å². The molecule has 0 amide bonds. The molecule has 0 heterocycles. The van der Waals surface area contributed by atoms with Crippen LogP contribution in [0.4, 0.5) is 0 Å². The van der Waals surface area contributed by atoms with E-state index in [9.17, 15) is 0 Å². The van der Waals surface area contributed by atoms with Crippen LogP contribution in [0.1, 0.15) is 18.1 Å². The summed E-state index contributed by atoms with van der Waals surface area (Å²) in [6.45, 7) is 6.20. The van der Waals surface area contributed by atoms with Crippen molar-refractivity contribution in [1.82, 2.24) is 0 Å². The maximum absolute atomic E-state index is 7.32. The number of aryl methyl sites for hydroxylation is 2. The van der Waals surface area contributed by atoms with Gasteiger partial charge in [-0.3, -0.25) is 5.41 Å². The first-order valence-electron chi connectivity index (χ1n) is 5.04. The Morgan fingerprint density at radius 3 is 2.67 bits per heavy atom. The van der Waals surface area contributed by atoms with Crippen LogP contribution in [-0.2, 0) is 0 Å². The monoisotopic (exact) mass is 222 g/mol.